The molecule has 0 fully saturated rings. The van der Waals surface area contributed by atoms with Gasteiger partial charge < -0.3 is 19.5 Å². The van der Waals surface area contributed by atoms with E-state index in [0.717, 1.165) is 5.75 Å². The Balaban J connectivity index is 1.67. The van der Waals surface area contributed by atoms with Crippen molar-refractivity contribution < 1.29 is 19.0 Å². The van der Waals surface area contributed by atoms with E-state index in [-0.39, 0.29) is 5.91 Å². The molecular formula is C24H23NO4. The number of nitrogens with one attached hydrogen (secondary N) is 1. The Morgan fingerprint density at radius 2 is 1.66 bits per heavy atom. The normalized spacial score (nSPS) is 10.1. The van der Waals surface area contributed by atoms with Gasteiger partial charge in [0.2, 0.25) is 0 Å². The predicted octanol–water partition coefficient (Wildman–Crippen LogP) is 5.69. The van der Waals surface area contributed by atoms with Crippen molar-refractivity contribution in [2.45, 2.75) is 6.92 Å². The summed E-state index contributed by atoms with van der Waals surface area (Å²) in [5, 5.41) is 2.87. The molecule has 0 aromatic heterocycles. The summed E-state index contributed by atoms with van der Waals surface area (Å²) in [6.07, 6.45) is 1.65. The number of anilines is 1. The van der Waals surface area contributed by atoms with E-state index in [9.17, 15) is 4.79 Å². The zero-order valence-electron chi connectivity index (χ0n) is 16.3. The molecule has 5 heteroatoms. The van der Waals surface area contributed by atoms with Crippen LogP contribution in [-0.2, 0) is 0 Å². The highest BCUT2D eigenvalue weighted by atomic mass is 16.5. The van der Waals surface area contributed by atoms with Gasteiger partial charge in [-0.3, -0.25) is 4.79 Å². The molecule has 1 amide bonds. The number of amides is 1. The minimum atomic E-state index is -0.238. The van der Waals surface area contributed by atoms with E-state index in [0.29, 0.717) is 41.7 Å². The molecule has 3 rings (SSSR count). The molecule has 29 heavy (non-hydrogen) atoms. The molecule has 0 bridgehead atoms. The van der Waals surface area contributed by atoms with Crippen LogP contribution >= 0.6 is 0 Å². The fraction of sp³-hybridized carbons (Fsp3) is 0.125. The third-order valence-corrected chi connectivity index (χ3v) is 3.95. The fourth-order valence-corrected chi connectivity index (χ4v) is 2.62. The van der Waals surface area contributed by atoms with Gasteiger partial charge in [-0.15, -0.1) is 0 Å². The van der Waals surface area contributed by atoms with Crippen LogP contribution in [0.5, 0.6) is 23.0 Å². The SMILES string of the molecule is C=CCOc1ccc(C(=O)Nc2ccc(Oc3ccccc3)cc2)cc1OCC. The van der Waals surface area contributed by atoms with Gasteiger partial charge in [0.25, 0.3) is 5.91 Å². The number of ether oxygens (including phenoxy) is 3. The maximum absolute atomic E-state index is 12.6. The molecule has 0 radical (unpaired) electrons. The van der Waals surface area contributed by atoms with Crippen molar-refractivity contribution in [3.05, 3.63) is 91.0 Å². The molecule has 0 heterocycles. The van der Waals surface area contributed by atoms with Crippen LogP contribution in [0.3, 0.4) is 0 Å². The van der Waals surface area contributed by atoms with Crippen LogP contribution in [0, 0.1) is 0 Å². The van der Waals surface area contributed by atoms with Crippen molar-refractivity contribution in [3.63, 3.8) is 0 Å². The minimum Gasteiger partial charge on any atom is -0.490 e. The van der Waals surface area contributed by atoms with E-state index >= 15 is 0 Å². The Morgan fingerprint density at radius 3 is 2.34 bits per heavy atom. The number of carbonyl (C=O) groups excluding carboxylic acids is 1. The minimum absolute atomic E-state index is 0.238. The van der Waals surface area contributed by atoms with Crippen molar-refractivity contribution >= 4 is 11.6 Å². The van der Waals surface area contributed by atoms with Crippen molar-refractivity contribution in [3.8, 4) is 23.0 Å². The van der Waals surface area contributed by atoms with Crippen molar-refractivity contribution in [1.29, 1.82) is 0 Å². The number of benzene rings is 3. The molecule has 0 atom stereocenters. The van der Waals surface area contributed by atoms with Crippen LogP contribution in [0.1, 0.15) is 17.3 Å². The molecule has 0 saturated heterocycles. The maximum atomic E-state index is 12.6. The Morgan fingerprint density at radius 1 is 0.931 bits per heavy atom. The molecule has 0 aliphatic carbocycles. The summed E-state index contributed by atoms with van der Waals surface area (Å²) in [6.45, 7) is 6.35. The maximum Gasteiger partial charge on any atom is 0.255 e. The molecular weight excluding hydrogens is 366 g/mol. The van der Waals surface area contributed by atoms with Crippen molar-refractivity contribution in [1.82, 2.24) is 0 Å². The number of hydrogen-bond donors (Lipinski definition) is 1. The summed E-state index contributed by atoms with van der Waals surface area (Å²) < 4.78 is 16.9. The van der Waals surface area contributed by atoms with E-state index < -0.39 is 0 Å². The zero-order chi connectivity index (χ0) is 20.5. The van der Waals surface area contributed by atoms with Crippen molar-refractivity contribution in [2.75, 3.05) is 18.5 Å². The Hall–Kier alpha value is -3.73. The summed E-state index contributed by atoms with van der Waals surface area (Å²) in [4.78, 5) is 12.6. The molecule has 3 aromatic carbocycles. The van der Waals surface area contributed by atoms with E-state index in [4.69, 9.17) is 14.2 Å². The van der Waals surface area contributed by atoms with Crippen LogP contribution in [0.4, 0.5) is 5.69 Å². The summed E-state index contributed by atoms with van der Waals surface area (Å²) in [5.41, 5.74) is 1.14. The van der Waals surface area contributed by atoms with Gasteiger partial charge in [-0.25, -0.2) is 0 Å². The van der Waals surface area contributed by atoms with E-state index in [1.165, 1.54) is 0 Å². The molecule has 5 nitrogen and oxygen atoms in total. The summed E-state index contributed by atoms with van der Waals surface area (Å²) >= 11 is 0. The molecule has 0 unspecified atom stereocenters. The molecule has 0 saturated carbocycles. The Bertz CT molecular complexity index is 952. The number of para-hydroxylation sites is 1. The third-order valence-electron chi connectivity index (χ3n) is 3.95. The number of rotatable bonds is 9. The van der Waals surface area contributed by atoms with Gasteiger partial charge in [0, 0.05) is 11.3 Å². The van der Waals surface area contributed by atoms with Gasteiger partial charge >= 0.3 is 0 Å². The Labute approximate surface area is 170 Å². The first-order valence-corrected chi connectivity index (χ1v) is 9.34. The number of hydrogen-bond acceptors (Lipinski definition) is 4. The average molecular weight is 389 g/mol. The monoisotopic (exact) mass is 389 g/mol. The first-order valence-electron chi connectivity index (χ1n) is 9.34. The second kappa shape index (κ2) is 9.99. The van der Waals surface area contributed by atoms with Gasteiger partial charge in [0.15, 0.2) is 11.5 Å². The molecule has 0 aliphatic heterocycles. The predicted molar refractivity (Wildman–Crippen MR) is 114 cm³/mol. The van der Waals surface area contributed by atoms with Gasteiger partial charge in [0.05, 0.1) is 6.61 Å². The summed E-state index contributed by atoms with van der Waals surface area (Å²) in [5.74, 6) is 2.31. The summed E-state index contributed by atoms with van der Waals surface area (Å²) in [6, 6.07) is 21.8. The van der Waals surface area contributed by atoms with Gasteiger partial charge in [-0.1, -0.05) is 30.9 Å². The highest BCUT2D eigenvalue weighted by molar-refractivity contribution is 6.04. The van der Waals surface area contributed by atoms with E-state index in [2.05, 4.69) is 11.9 Å². The smallest absolute Gasteiger partial charge is 0.255 e. The molecule has 148 valence electrons. The second-order valence-electron chi connectivity index (χ2n) is 6.09. The van der Waals surface area contributed by atoms with E-state index in [1.54, 1.807) is 48.5 Å². The quantitative estimate of drug-likeness (QED) is 0.477. The zero-order valence-corrected chi connectivity index (χ0v) is 16.3. The second-order valence-corrected chi connectivity index (χ2v) is 6.09. The highest BCUT2D eigenvalue weighted by Crippen LogP contribution is 2.29. The number of carbonyl (C=O) groups is 1. The van der Waals surface area contributed by atoms with Gasteiger partial charge in [0.1, 0.15) is 18.1 Å². The van der Waals surface area contributed by atoms with Crippen LogP contribution in [0.15, 0.2) is 85.5 Å². The average Bonchev–Trinajstić information content (AvgIpc) is 2.75. The largest absolute Gasteiger partial charge is 0.490 e. The first-order chi connectivity index (χ1) is 14.2. The fourth-order valence-electron chi connectivity index (χ4n) is 2.62. The van der Waals surface area contributed by atoms with Crippen LogP contribution < -0.4 is 19.5 Å². The van der Waals surface area contributed by atoms with E-state index in [1.807, 2.05) is 37.3 Å². The lowest BCUT2D eigenvalue weighted by atomic mass is 10.1. The standard InChI is InChI=1S/C24H23NO4/c1-3-16-28-22-15-10-18(17-23(22)27-4-2)24(26)25-19-11-13-21(14-12-19)29-20-8-6-5-7-9-20/h3,5-15,17H,1,4,16H2,2H3,(H,25,26). The van der Waals surface area contributed by atoms with Crippen LogP contribution in [0.2, 0.25) is 0 Å². The van der Waals surface area contributed by atoms with Gasteiger partial charge in [-0.2, -0.15) is 0 Å². The molecule has 3 aromatic rings. The molecule has 0 spiro atoms. The highest BCUT2D eigenvalue weighted by Gasteiger charge is 2.12. The van der Waals surface area contributed by atoms with Crippen molar-refractivity contribution in [2.24, 2.45) is 0 Å². The Kier molecular flexibility index (Phi) is 6.90. The van der Waals surface area contributed by atoms with Gasteiger partial charge in [-0.05, 0) is 61.5 Å². The lowest BCUT2D eigenvalue weighted by Gasteiger charge is -2.13. The topological polar surface area (TPSA) is 56.8 Å². The lowest BCUT2D eigenvalue weighted by molar-refractivity contribution is 0.102. The lowest BCUT2D eigenvalue weighted by Crippen LogP contribution is -2.12. The molecule has 0 aliphatic rings. The summed E-state index contributed by atoms with van der Waals surface area (Å²) in [7, 11) is 0. The first kappa shape index (κ1) is 20.0. The van der Waals surface area contributed by atoms with Crippen LogP contribution in [0.25, 0.3) is 0 Å². The van der Waals surface area contributed by atoms with Crippen LogP contribution in [-0.4, -0.2) is 19.1 Å². The molecule has 1 N–H and O–H groups in total. The third kappa shape index (κ3) is 5.62.